The van der Waals surface area contributed by atoms with E-state index in [0.29, 0.717) is 27.7 Å². The number of carbonyl (C=O) groups excluding carboxylic acids is 2. The number of hydrogen-bond donors (Lipinski definition) is 1. The number of carbonyl (C=O) groups is 2. The Balaban J connectivity index is 1.84. The smallest absolute Gasteiger partial charge is 0.264 e. The van der Waals surface area contributed by atoms with E-state index in [-0.39, 0.29) is 29.8 Å². The number of rotatable bonds is 13. The number of nitrogens with zero attached hydrogens (tertiary/aromatic N) is 2. The number of nitrogens with one attached hydrogen (secondary N) is 1. The molecular weight excluding hydrogens is 641 g/mol. The summed E-state index contributed by atoms with van der Waals surface area (Å²) in [7, 11) is -4.18. The Morgan fingerprint density at radius 1 is 0.848 bits per heavy atom. The van der Waals surface area contributed by atoms with Crippen molar-refractivity contribution in [3.63, 3.8) is 0 Å². The zero-order chi connectivity index (χ0) is 33.4. The number of anilines is 1. The van der Waals surface area contributed by atoms with E-state index in [9.17, 15) is 18.0 Å². The van der Waals surface area contributed by atoms with Crippen LogP contribution >= 0.6 is 23.2 Å². The molecule has 0 aliphatic carbocycles. The molecular formula is C36H39Cl2N3O4S. The van der Waals surface area contributed by atoms with Crippen molar-refractivity contribution >= 4 is 50.7 Å². The average Bonchev–Trinajstić information content (AvgIpc) is 3.04. The van der Waals surface area contributed by atoms with Gasteiger partial charge in [0.1, 0.15) is 12.6 Å². The predicted molar refractivity (Wildman–Crippen MR) is 186 cm³/mol. The highest BCUT2D eigenvalue weighted by molar-refractivity contribution is 7.92. The molecule has 0 unspecified atom stereocenters. The molecule has 0 fully saturated rings. The molecule has 242 valence electrons. The topological polar surface area (TPSA) is 86.8 Å². The van der Waals surface area contributed by atoms with Crippen LogP contribution in [0.3, 0.4) is 0 Å². The second kappa shape index (κ2) is 15.6. The van der Waals surface area contributed by atoms with Gasteiger partial charge in [0.2, 0.25) is 11.8 Å². The quantitative estimate of drug-likeness (QED) is 0.160. The lowest BCUT2D eigenvalue weighted by molar-refractivity contribution is -0.140. The molecule has 0 heterocycles. The summed E-state index contributed by atoms with van der Waals surface area (Å²) in [5.74, 6) is -0.913. The maximum absolute atomic E-state index is 14.6. The Labute approximate surface area is 282 Å². The lowest BCUT2D eigenvalue weighted by atomic mass is 10.0. The van der Waals surface area contributed by atoms with E-state index in [1.165, 1.54) is 17.0 Å². The Morgan fingerprint density at radius 2 is 1.50 bits per heavy atom. The highest BCUT2D eigenvalue weighted by atomic mass is 35.5. The zero-order valence-corrected chi connectivity index (χ0v) is 28.7. The number of aryl methyl sites for hydroxylation is 2. The van der Waals surface area contributed by atoms with Crippen molar-refractivity contribution in [2.75, 3.05) is 10.8 Å². The number of hydrogen-bond acceptors (Lipinski definition) is 4. The SMILES string of the molecule is CC[C@@H](C)NC(=O)[C@@H](Cc1ccccc1)N(Cc1ccc(Cl)cc1Cl)C(=O)CN(c1ccc(C)c(C)c1)S(=O)(=O)c1ccccc1. The number of halogens is 2. The molecule has 2 amide bonds. The molecule has 0 aromatic heterocycles. The van der Waals surface area contributed by atoms with Crippen molar-refractivity contribution in [3.8, 4) is 0 Å². The minimum Gasteiger partial charge on any atom is -0.352 e. The molecule has 1 N–H and O–H groups in total. The van der Waals surface area contributed by atoms with Gasteiger partial charge in [0.15, 0.2) is 0 Å². The summed E-state index contributed by atoms with van der Waals surface area (Å²) in [6.45, 7) is 7.08. The standard InChI is InChI=1S/C36H39Cl2N3O4S/c1-5-27(4)39-36(43)34(21-28-12-8-6-9-13-28)40(23-29-17-18-30(37)22-33(29)38)35(42)24-41(31-19-16-25(2)26(3)20-31)46(44,45)32-14-10-7-11-15-32/h6-20,22,27,34H,5,21,23-24H2,1-4H3,(H,39,43)/t27-,34-/m1/s1. The minimum absolute atomic E-state index is 0.0451. The normalized spacial score (nSPS) is 12.7. The average molecular weight is 681 g/mol. The van der Waals surface area contributed by atoms with E-state index in [1.54, 1.807) is 48.5 Å². The first-order valence-corrected chi connectivity index (χ1v) is 17.3. The van der Waals surface area contributed by atoms with Crippen molar-refractivity contribution in [2.45, 2.75) is 64.1 Å². The van der Waals surface area contributed by atoms with E-state index in [1.807, 2.05) is 64.1 Å². The lowest BCUT2D eigenvalue weighted by Gasteiger charge is -2.34. The Morgan fingerprint density at radius 3 is 2.11 bits per heavy atom. The summed E-state index contributed by atoms with van der Waals surface area (Å²) in [5.41, 5.74) is 3.61. The van der Waals surface area contributed by atoms with Gasteiger partial charge in [-0.3, -0.25) is 13.9 Å². The summed E-state index contributed by atoms with van der Waals surface area (Å²) >= 11 is 12.8. The molecule has 0 aliphatic heterocycles. The summed E-state index contributed by atoms with van der Waals surface area (Å²) in [6.07, 6.45) is 0.895. The molecule has 4 aromatic rings. The van der Waals surface area contributed by atoms with Crippen LogP contribution in [-0.4, -0.2) is 43.8 Å². The van der Waals surface area contributed by atoms with E-state index >= 15 is 0 Å². The molecule has 0 aliphatic rings. The molecule has 0 saturated heterocycles. The Kier molecular flexibility index (Phi) is 11.9. The van der Waals surface area contributed by atoms with Gasteiger partial charge in [-0.15, -0.1) is 0 Å². The van der Waals surface area contributed by atoms with Gasteiger partial charge in [-0.1, -0.05) is 90.8 Å². The van der Waals surface area contributed by atoms with Crippen LogP contribution in [0.2, 0.25) is 10.0 Å². The Bertz CT molecular complexity index is 1770. The Hall–Kier alpha value is -3.85. The van der Waals surface area contributed by atoms with Crippen LogP contribution in [0.25, 0.3) is 0 Å². The van der Waals surface area contributed by atoms with Crippen molar-refractivity contribution in [2.24, 2.45) is 0 Å². The fraction of sp³-hybridized carbons (Fsp3) is 0.278. The first-order valence-electron chi connectivity index (χ1n) is 15.1. The fourth-order valence-electron chi connectivity index (χ4n) is 4.96. The van der Waals surface area contributed by atoms with Crippen LogP contribution < -0.4 is 9.62 Å². The van der Waals surface area contributed by atoms with Gasteiger partial charge < -0.3 is 10.2 Å². The fourth-order valence-corrected chi connectivity index (χ4v) is 6.85. The maximum Gasteiger partial charge on any atom is 0.264 e. The molecule has 10 heteroatoms. The molecule has 0 bridgehead atoms. The summed E-state index contributed by atoms with van der Waals surface area (Å²) in [5, 5.41) is 3.79. The van der Waals surface area contributed by atoms with Crippen molar-refractivity contribution < 1.29 is 18.0 Å². The number of benzene rings is 4. The first-order chi connectivity index (χ1) is 21.9. The van der Waals surface area contributed by atoms with Crippen molar-refractivity contribution in [1.82, 2.24) is 10.2 Å². The van der Waals surface area contributed by atoms with Crippen LogP contribution in [0.5, 0.6) is 0 Å². The van der Waals surface area contributed by atoms with Crippen LogP contribution in [0.4, 0.5) is 5.69 Å². The van der Waals surface area contributed by atoms with Gasteiger partial charge >= 0.3 is 0 Å². The third-order valence-electron chi connectivity index (χ3n) is 8.02. The second-order valence-corrected chi connectivity index (χ2v) is 14.1. The molecule has 4 rings (SSSR count). The van der Waals surface area contributed by atoms with E-state index < -0.39 is 28.5 Å². The molecule has 7 nitrogen and oxygen atoms in total. The third kappa shape index (κ3) is 8.69. The zero-order valence-electron chi connectivity index (χ0n) is 26.4. The minimum atomic E-state index is -4.18. The van der Waals surface area contributed by atoms with Gasteiger partial charge in [0.05, 0.1) is 10.6 Å². The molecule has 2 atom stereocenters. The first kappa shape index (κ1) is 35.0. The lowest BCUT2D eigenvalue weighted by Crippen LogP contribution is -2.54. The van der Waals surface area contributed by atoms with E-state index in [0.717, 1.165) is 21.0 Å². The van der Waals surface area contributed by atoms with Crippen molar-refractivity contribution in [1.29, 1.82) is 0 Å². The van der Waals surface area contributed by atoms with Crippen LogP contribution in [0.15, 0.2) is 102 Å². The van der Waals surface area contributed by atoms with Gasteiger partial charge in [-0.2, -0.15) is 0 Å². The van der Waals surface area contributed by atoms with Gasteiger partial charge in [0, 0.05) is 29.1 Å². The molecule has 0 spiro atoms. The number of sulfonamides is 1. The van der Waals surface area contributed by atoms with Gasteiger partial charge in [-0.25, -0.2) is 8.42 Å². The van der Waals surface area contributed by atoms with E-state index in [4.69, 9.17) is 23.2 Å². The summed E-state index contributed by atoms with van der Waals surface area (Å²) < 4.78 is 29.4. The molecule has 46 heavy (non-hydrogen) atoms. The second-order valence-electron chi connectivity index (χ2n) is 11.4. The molecule has 0 radical (unpaired) electrons. The molecule has 0 saturated carbocycles. The predicted octanol–water partition coefficient (Wildman–Crippen LogP) is 7.36. The third-order valence-corrected chi connectivity index (χ3v) is 10.4. The summed E-state index contributed by atoms with van der Waals surface area (Å²) in [4.78, 5) is 30.0. The largest absolute Gasteiger partial charge is 0.352 e. The van der Waals surface area contributed by atoms with E-state index in [2.05, 4.69) is 5.32 Å². The van der Waals surface area contributed by atoms with Gasteiger partial charge in [-0.05, 0) is 85.8 Å². The maximum atomic E-state index is 14.6. The van der Waals surface area contributed by atoms with Crippen LogP contribution in [0.1, 0.15) is 42.5 Å². The van der Waals surface area contributed by atoms with Gasteiger partial charge in [0.25, 0.3) is 10.0 Å². The highest BCUT2D eigenvalue weighted by Gasteiger charge is 2.35. The van der Waals surface area contributed by atoms with Crippen LogP contribution in [0, 0.1) is 13.8 Å². The highest BCUT2D eigenvalue weighted by Crippen LogP contribution is 2.28. The van der Waals surface area contributed by atoms with Crippen LogP contribution in [-0.2, 0) is 32.6 Å². The number of amides is 2. The molecule has 4 aromatic carbocycles. The summed E-state index contributed by atoms with van der Waals surface area (Å²) in [6, 6.07) is 26.5. The monoisotopic (exact) mass is 679 g/mol. The van der Waals surface area contributed by atoms with Crippen molar-refractivity contribution in [3.05, 3.63) is 129 Å².